The highest BCUT2D eigenvalue weighted by Gasteiger charge is 2.14. The monoisotopic (exact) mass is 446 g/mol. The Morgan fingerprint density at radius 3 is 2.33 bits per heavy atom. The number of esters is 1. The first-order chi connectivity index (χ1) is 16.0. The number of benzene rings is 3. The lowest BCUT2D eigenvalue weighted by Crippen LogP contribution is -2.34. The molecule has 6 nitrogen and oxygen atoms in total. The Morgan fingerprint density at radius 2 is 1.61 bits per heavy atom. The number of carbonyl (C=O) groups excluding carboxylic acids is 2. The van der Waals surface area contributed by atoms with Gasteiger partial charge in [-0.2, -0.15) is 0 Å². The molecular formula is C27H30N2O4. The van der Waals surface area contributed by atoms with Gasteiger partial charge in [-0.05, 0) is 48.2 Å². The molecule has 6 heteroatoms. The summed E-state index contributed by atoms with van der Waals surface area (Å²) in [6.07, 6.45) is 0.187. The van der Waals surface area contributed by atoms with E-state index in [2.05, 4.69) is 10.6 Å². The highest BCUT2D eigenvalue weighted by atomic mass is 16.5. The van der Waals surface area contributed by atoms with Crippen molar-refractivity contribution in [3.63, 3.8) is 0 Å². The molecule has 2 N–H and O–H groups in total. The summed E-state index contributed by atoms with van der Waals surface area (Å²) < 4.78 is 10.7. The smallest absolute Gasteiger partial charge is 0.315 e. The van der Waals surface area contributed by atoms with Gasteiger partial charge in [-0.25, -0.2) is 4.79 Å². The average molecular weight is 447 g/mol. The van der Waals surface area contributed by atoms with Crippen LogP contribution in [-0.4, -0.2) is 25.7 Å². The van der Waals surface area contributed by atoms with Crippen molar-refractivity contribution >= 4 is 12.0 Å². The fraction of sp³-hybridized carbons (Fsp3) is 0.259. The van der Waals surface area contributed by atoms with E-state index in [1.165, 1.54) is 0 Å². The number of ether oxygens (including phenoxy) is 2. The van der Waals surface area contributed by atoms with Gasteiger partial charge in [0.15, 0.2) is 0 Å². The molecule has 0 saturated carbocycles. The minimum Gasteiger partial charge on any atom is -0.496 e. The predicted octanol–water partition coefficient (Wildman–Crippen LogP) is 4.78. The van der Waals surface area contributed by atoms with Crippen LogP contribution in [0.4, 0.5) is 4.79 Å². The van der Waals surface area contributed by atoms with Crippen LogP contribution in [0, 0.1) is 6.92 Å². The van der Waals surface area contributed by atoms with Gasteiger partial charge in [0.1, 0.15) is 5.75 Å². The van der Waals surface area contributed by atoms with Crippen LogP contribution in [0.25, 0.3) is 11.1 Å². The van der Waals surface area contributed by atoms with Gasteiger partial charge in [-0.1, -0.05) is 60.2 Å². The van der Waals surface area contributed by atoms with E-state index < -0.39 is 0 Å². The van der Waals surface area contributed by atoms with E-state index in [4.69, 9.17) is 9.47 Å². The minimum atomic E-state index is -0.269. The summed E-state index contributed by atoms with van der Waals surface area (Å²) in [5.41, 5.74) is 5.71. The van der Waals surface area contributed by atoms with E-state index in [0.717, 1.165) is 33.4 Å². The van der Waals surface area contributed by atoms with E-state index in [9.17, 15) is 9.59 Å². The van der Waals surface area contributed by atoms with Crippen LogP contribution in [0.5, 0.6) is 5.75 Å². The number of urea groups is 1. The molecule has 0 aliphatic carbocycles. The molecule has 0 unspecified atom stereocenters. The van der Waals surface area contributed by atoms with Gasteiger partial charge in [0.05, 0.1) is 20.1 Å². The van der Waals surface area contributed by atoms with Crippen LogP contribution in [0.1, 0.15) is 29.2 Å². The van der Waals surface area contributed by atoms with Crippen LogP contribution >= 0.6 is 0 Å². The van der Waals surface area contributed by atoms with Crippen LogP contribution in [0.3, 0.4) is 0 Å². The number of rotatable bonds is 9. The summed E-state index contributed by atoms with van der Waals surface area (Å²) in [6.45, 7) is 4.96. The van der Waals surface area contributed by atoms with Crippen molar-refractivity contribution in [2.45, 2.75) is 33.4 Å². The fourth-order valence-electron chi connectivity index (χ4n) is 3.60. The van der Waals surface area contributed by atoms with E-state index in [-0.39, 0.29) is 18.4 Å². The first kappa shape index (κ1) is 23.9. The summed E-state index contributed by atoms with van der Waals surface area (Å²) in [5, 5.41) is 5.82. The third-order valence-electron chi connectivity index (χ3n) is 5.20. The van der Waals surface area contributed by atoms with Gasteiger partial charge in [0.2, 0.25) is 0 Å². The Bertz CT molecular complexity index is 1100. The molecule has 0 aromatic heterocycles. The second-order valence-electron chi connectivity index (χ2n) is 7.70. The van der Waals surface area contributed by atoms with Gasteiger partial charge in [-0.3, -0.25) is 4.79 Å². The highest BCUT2D eigenvalue weighted by Crippen LogP contribution is 2.34. The molecule has 0 aliphatic rings. The van der Waals surface area contributed by atoms with Crippen molar-refractivity contribution in [1.29, 1.82) is 0 Å². The molecule has 0 radical (unpaired) electrons. The Labute approximate surface area is 194 Å². The van der Waals surface area contributed by atoms with Gasteiger partial charge in [0.25, 0.3) is 0 Å². The molecule has 0 saturated heterocycles. The number of methoxy groups -OCH3 is 1. The molecule has 3 aromatic carbocycles. The first-order valence-electron chi connectivity index (χ1n) is 11.0. The van der Waals surface area contributed by atoms with Crippen LogP contribution in [-0.2, 0) is 29.0 Å². The molecule has 0 heterocycles. The van der Waals surface area contributed by atoms with E-state index in [1.807, 2.05) is 73.7 Å². The van der Waals surface area contributed by atoms with Crippen molar-refractivity contribution < 1.29 is 19.1 Å². The normalized spacial score (nSPS) is 10.4. The zero-order valence-corrected chi connectivity index (χ0v) is 19.3. The summed E-state index contributed by atoms with van der Waals surface area (Å²) in [7, 11) is 1.62. The maximum atomic E-state index is 12.4. The third kappa shape index (κ3) is 6.84. The molecule has 3 aromatic rings. The summed E-state index contributed by atoms with van der Waals surface area (Å²) >= 11 is 0. The van der Waals surface area contributed by atoms with Crippen molar-refractivity contribution in [2.75, 3.05) is 13.7 Å². The lowest BCUT2D eigenvalue weighted by Gasteiger charge is -2.16. The lowest BCUT2D eigenvalue weighted by molar-refractivity contribution is -0.142. The first-order valence-corrected chi connectivity index (χ1v) is 11.0. The SMILES string of the molecule is CCOC(=O)Cc1ccc(OC)c(-c2ccc(C)cc2CNC(=O)NCc2ccccc2)c1. The van der Waals surface area contributed by atoms with E-state index in [0.29, 0.717) is 25.4 Å². The quantitative estimate of drug-likeness (QED) is 0.464. The largest absolute Gasteiger partial charge is 0.496 e. The molecule has 33 heavy (non-hydrogen) atoms. The van der Waals surface area contributed by atoms with E-state index in [1.54, 1.807) is 14.0 Å². The van der Waals surface area contributed by atoms with E-state index >= 15 is 0 Å². The topological polar surface area (TPSA) is 76.7 Å². The minimum absolute atomic E-state index is 0.187. The Hall–Kier alpha value is -3.80. The lowest BCUT2D eigenvalue weighted by atomic mass is 9.95. The van der Waals surface area contributed by atoms with Gasteiger partial charge < -0.3 is 20.1 Å². The van der Waals surface area contributed by atoms with Crippen molar-refractivity contribution in [3.05, 3.63) is 89.0 Å². The van der Waals surface area contributed by atoms with Crippen molar-refractivity contribution in [1.82, 2.24) is 10.6 Å². The Kier molecular flexibility index (Phi) is 8.47. The summed E-state index contributed by atoms with van der Waals surface area (Å²) in [5.74, 6) is 0.427. The summed E-state index contributed by atoms with van der Waals surface area (Å²) in [4.78, 5) is 24.3. The van der Waals surface area contributed by atoms with Crippen molar-refractivity contribution in [2.24, 2.45) is 0 Å². The van der Waals surface area contributed by atoms with Crippen LogP contribution in [0.2, 0.25) is 0 Å². The van der Waals surface area contributed by atoms with Gasteiger partial charge in [-0.15, -0.1) is 0 Å². The molecule has 0 spiro atoms. The zero-order chi connectivity index (χ0) is 23.6. The maximum Gasteiger partial charge on any atom is 0.315 e. The van der Waals surface area contributed by atoms with Gasteiger partial charge >= 0.3 is 12.0 Å². The molecule has 0 aliphatic heterocycles. The predicted molar refractivity (Wildman–Crippen MR) is 129 cm³/mol. The Morgan fingerprint density at radius 1 is 0.848 bits per heavy atom. The molecule has 0 fully saturated rings. The number of aryl methyl sites for hydroxylation is 1. The number of amides is 2. The molecule has 2 amide bonds. The molecule has 0 atom stereocenters. The fourth-order valence-corrected chi connectivity index (χ4v) is 3.60. The standard InChI is InChI=1S/C27H30N2O4/c1-4-33-26(30)16-21-11-13-25(32-3)24(15-21)23-12-10-19(2)14-22(23)18-29-27(31)28-17-20-8-6-5-7-9-20/h5-15H,4,16-18H2,1-3H3,(H2,28,29,31). The number of hydrogen-bond acceptors (Lipinski definition) is 4. The number of hydrogen-bond donors (Lipinski definition) is 2. The zero-order valence-electron chi connectivity index (χ0n) is 19.3. The Balaban J connectivity index is 1.78. The highest BCUT2D eigenvalue weighted by molar-refractivity contribution is 5.78. The second kappa shape index (κ2) is 11.7. The van der Waals surface area contributed by atoms with Crippen LogP contribution in [0.15, 0.2) is 66.7 Å². The molecule has 172 valence electrons. The summed E-state index contributed by atoms with van der Waals surface area (Å²) in [6, 6.07) is 21.3. The number of nitrogens with one attached hydrogen (secondary N) is 2. The number of carbonyl (C=O) groups is 2. The maximum absolute atomic E-state index is 12.4. The molecule has 0 bridgehead atoms. The third-order valence-corrected chi connectivity index (χ3v) is 5.20. The van der Waals surface area contributed by atoms with Gasteiger partial charge in [0, 0.05) is 18.7 Å². The molecule has 3 rings (SSSR count). The molecular weight excluding hydrogens is 416 g/mol. The second-order valence-corrected chi connectivity index (χ2v) is 7.70. The van der Waals surface area contributed by atoms with Crippen LogP contribution < -0.4 is 15.4 Å². The van der Waals surface area contributed by atoms with Crippen molar-refractivity contribution in [3.8, 4) is 16.9 Å². The average Bonchev–Trinajstić information content (AvgIpc) is 2.82.